The van der Waals surface area contributed by atoms with E-state index in [0.29, 0.717) is 12.1 Å². The monoisotopic (exact) mass is 381 g/mol. The lowest BCUT2D eigenvalue weighted by Gasteiger charge is -2.18. The predicted molar refractivity (Wildman–Crippen MR) is 113 cm³/mol. The lowest BCUT2D eigenvalue weighted by molar-refractivity contribution is -0.120. The van der Waals surface area contributed by atoms with Crippen molar-refractivity contribution in [2.45, 2.75) is 40.8 Å². The third-order valence-electron chi connectivity index (χ3n) is 4.71. The van der Waals surface area contributed by atoms with Gasteiger partial charge >= 0.3 is 0 Å². The molecule has 28 heavy (non-hydrogen) atoms. The number of hydrogen-bond donors (Lipinski definition) is 2. The molecule has 0 fully saturated rings. The molecule has 150 valence electrons. The second kappa shape index (κ2) is 10.6. The van der Waals surface area contributed by atoms with Crippen molar-refractivity contribution in [1.82, 2.24) is 15.5 Å². The van der Waals surface area contributed by atoms with Crippen LogP contribution < -0.4 is 10.6 Å². The quantitative estimate of drug-likeness (QED) is 0.701. The number of nitrogens with one attached hydrogen (secondary N) is 2. The summed E-state index contributed by atoms with van der Waals surface area (Å²) in [6, 6.07) is 13.9. The average molecular weight is 382 g/mol. The summed E-state index contributed by atoms with van der Waals surface area (Å²) in [4.78, 5) is 26.6. The fourth-order valence-corrected chi connectivity index (χ4v) is 3.10. The number of carbonyl (C=O) groups is 2. The molecule has 2 amide bonds. The zero-order chi connectivity index (χ0) is 20.5. The Bertz CT molecular complexity index is 776. The molecule has 0 aromatic heterocycles. The first-order chi connectivity index (χ1) is 13.4. The van der Waals surface area contributed by atoms with Gasteiger partial charge in [0.25, 0.3) is 5.91 Å². The summed E-state index contributed by atoms with van der Waals surface area (Å²) in [5.74, 6) is -0.437. The third kappa shape index (κ3) is 6.82. The van der Waals surface area contributed by atoms with E-state index in [2.05, 4.69) is 41.5 Å². The molecular formula is C23H31N3O2. The van der Waals surface area contributed by atoms with Crippen LogP contribution in [0.3, 0.4) is 0 Å². The van der Waals surface area contributed by atoms with E-state index in [1.165, 1.54) is 5.56 Å². The van der Waals surface area contributed by atoms with Crippen LogP contribution in [-0.2, 0) is 17.9 Å². The standard InChI is InChI=1S/C23H31N3O2/c1-5-26(6-2)16-20-9-7-19(8-10-20)14-24-22(27)15-25-23(28)21-12-17(3)11-18(4)13-21/h7-13H,5-6,14-16H2,1-4H3,(H,24,27)(H,25,28). The molecule has 0 bridgehead atoms. The first kappa shape index (κ1) is 21.6. The first-order valence-corrected chi connectivity index (χ1v) is 9.84. The van der Waals surface area contributed by atoms with E-state index in [-0.39, 0.29) is 18.4 Å². The number of amides is 2. The smallest absolute Gasteiger partial charge is 0.251 e. The van der Waals surface area contributed by atoms with Crippen molar-refractivity contribution in [3.8, 4) is 0 Å². The zero-order valence-electron chi connectivity index (χ0n) is 17.3. The van der Waals surface area contributed by atoms with Crippen molar-refractivity contribution in [1.29, 1.82) is 0 Å². The molecule has 0 saturated carbocycles. The summed E-state index contributed by atoms with van der Waals surface area (Å²) in [5.41, 5.74) is 4.93. The van der Waals surface area contributed by atoms with Gasteiger partial charge in [-0.25, -0.2) is 0 Å². The summed E-state index contributed by atoms with van der Waals surface area (Å²) < 4.78 is 0. The van der Waals surface area contributed by atoms with Crippen molar-refractivity contribution in [3.63, 3.8) is 0 Å². The number of hydrogen-bond acceptors (Lipinski definition) is 3. The van der Waals surface area contributed by atoms with Crippen molar-refractivity contribution >= 4 is 11.8 Å². The second-order valence-electron chi connectivity index (χ2n) is 7.11. The van der Waals surface area contributed by atoms with Gasteiger partial charge in [-0.05, 0) is 50.2 Å². The molecule has 0 saturated heterocycles. The summed E-state index contributed by atoms with van der Waals surface area (Å²) in [7, 11) is 0. The molecule has 0 atom stereocenters. The number of aryl methyl sites for hydroxylation is 2. The molecule has 0 radical (unpaired) electrons. The Hall–Kier alpha value is -2.66. The van der Waals surface area contributed by atoms with Crippen molar-refractivity contribution in [2.24, 2.45) is 0 Å². The highest BCUT2D eigenvalue weighted by Crippen LogP contribution is 2.09. The van der Waals surface area contributed by atoms with Crippen LogP contribution in [0.25, 0.3) is 0 Å². The summed E-state index contributed by atoms with van der Waals surface area (Å²) in [6.45, 7) is 11.6. The highest BCUT2D eigenvalue weighted by atomic mass is 16.2. The molecule has 0 spiro atoms. The van der Waals surface area contributed by atoms with E-state index in [0.717, 1.165) is 36.3 Å². The van der Waals surface area contributed by atoms with Crippen LogP contribution in [-0.4, -0.2) is 36.3 Å². The maximum absolute atomic E-state index is 12.2. The molecule has 0 aliphatic carbocycles. The van der Waals surface area contributed by atoms with Crippen LogP contribution in [0.2, 0.25) is 0 Å². The fraction of sp³-hybridized carbons (Fsp3) is 0.391. The minimum Gasteiger partial charge on any atom is -0.350 e. The molecule has 0 unspecified atom stereocenters. The van der Waals surface area contributed by atoms with Gasteiger partial charge in [0.2, 0.25) is 5.91 Å². The lowest BCUT2D eigenvalue weighted by Crippen LogP contribution is -2.36. The molecule has 0 heterocycles. The maximum atomic E-state index is 12.2. The van der Waals surface area contributed by atoms with Gasteiger partial charge in [-0.2, -0.15) is 0 Å². The van der Waals surface area contributed by atoms with E-state index in [9.17, 15) is 9.59 Å². The zero-order valence-corrected chi connectivity index (χ0v) is 17.3. The topological polar surface area (TPSA) is 61.4 Å². The number of carbonyl (C=O) groups excluding carboxylic acids is 2. The molecule has 2 aromatic carbocycles. The van der Waals surface area contributed by atoms with Gasteiger partial charge in [0.1, 0.15) is 0 Å². The van der Waals surface area contributed by atoms with E-state index in [1.54, 1.807) is 0 Å². The van der Waals surface area contributed by atoms with Gasteiger partial charge in [0, 0.05) is 18.7 Å². The summed E-state index contributed by atoms with van der Waals surface area (Å²) in [6.07, 6.45) is 0. The van der Waals surface area contributed by atoms with E-state index in [4.69, 9.17) is 0 Å². The molecule has 0 aliphatic rings. The second-order valence-corrected chi connectivity index (χ2v) is 7.11. The van der Waals surface area contributed by atoms with Crippen molar-refractivity contribution in [2.75, 3.05) is 19.6 Å². The van der Waals surface area contributed by atoms with Gasteiger partial charge < -0.3 is 10.6 Å². The van der Waals surface area contributed by atoms with E-state index in [1.807, 2.05) is 44.2 Å². The molecule has 5 nitrogen and oxygen atoms in total. The highest BCUT2D eigenvalue weighted by Gasteiger charge is 2.09. The van der Waals surface area contributed by atoms with Crippen LogP contribution in [0.4, 0.5) is 0 Å². The van der Waals surface area contributed by atoms with E-state index >= 15 is 0 Å². The van der Waals surface area contributed by atoms with Gasteiger partial charge in [-0.3, -0.25) is 14.5 Å². The largest absolute Gasteiger partial charge is 0.350 e. The van der Waals surface area contributed by atoms with Gasteiger partial charge in [-0.15, -0.1) is 0 Å². The van der Waals surface area contributed by atoms with Crippen molar-refractivity contribution in [3.05, 3.63) is 70.3 Å². The SMILES string of the molecule is CCN(CC)Cc1ccc(CNC(=O)CNC(=O)c2cc(C)cc(C)c2)cc1. The average Bonchev–Trinajstić information content (AvgIpc) is 2.68. The Morgan fingerprint density at radius 3 is 2.00 bits per heavy atom. The van der Waals surface area contributed by atoms with Gasteiger partial charge in [0.15, 0.2) is 0 Å². The molecule has 0 aliphatic heterocycles. The number of benzene rings is 2. The molecule has 2 rings (SSSR count). The van der Waals surface area contributed by atoms with Crippen molar-refractivity contribution < 1.29 is 9.59 Å². The summed E-state index contributed by atoms with van der Waals surface area (Å²) >= 11 is 0. The van der Waals surface area contributed by atoms with Gasteiger partial charge in [-0.1, -0.05) is 55.3 Å². The highest BCUT2D eigenvalue weighted by molar-refractivity contribution is 5.96. The van der Waals surface area contributed by atoms with Gasteiger partial charge in [0.05, 0.1) is 6.54 Å². The molecule has 2 aromatic rings. The molecule has 5 heteroatoms. The lowest BCUT2D eigenvalue weighted by atomic mass is 10.1. The summed E-state index contributed by atoms with van der Waals surface area (Å²) in [5, 5.41) is 5.52. The predicted octanol–water partition coefficient (Wildman–Crippen LogP) is 3.19. The minimum absolute atomic E-state index is 0.0358. The fourth-order valence-electron chi connectivity index (χ4n) is 3.10. The van der Waals surface area contributed by atoms with Crippen LogP contribution in [0.5, 0.6) is 0 Å². The first-order valence-electron chi connectivity index (χ1n) is 9.84. The third-order valence-corrected chi connectivity index (χ3v) is 4.71. The van der Waals surface area contributed by atoms with Crippen LogP contribution in [0.1, 0.15) is 46.5 Å². The molecular weight excluding hydrogens is 350 g/mol. The van der Waals surface area contributed by atoms with E-state index < -0.39 is 0 Å². The Labute approximate surface area is 168 Å². The Balaban J connectivity index is 1.78. The number of rotatable bonds is 9. The Kier molecular flexibility index (Phi) is 8.20. The van der Waals surface area contributed by atoms with Crippen LogP contribution in [0.15, 0.2) is 42.5 Å². The van der Waals surface area contributed by atoms with Crippen LogP contribution >= 0.6 is 0 Å². The number of nitrogens with zero attached hydrogens (tertiary/aromatic N) is 1. The van der Waals surface area contributed by atoms with Crippen LogP contribution in [0, 0.1) is 13.8 Å². The maximum Gasteiger partial charge on any atom is 0.251 e. The Morgan fingerprint density at radius 1 is 0.857 bits per heavy atom. The Morgan fingerprint density at radius 2 is 1.43 bits per heavy atom. The minimum atomic E-state index is -0.234. The normalized spacial score (nSPS) is 10.8. The molecule has 2 N–H and O–H groups in total.